The zero-order valence-electron chi connectivity index (χ0n) is 78.3. The molecule has 11 N–H and O–H groups in total. The first kappa shape index (κ1) is 96.5. The maximum atomic E-state index is 12.6. The van der Waals surface area contributed by atoms with Crippen LogP contribution in [0.5, 0.6) is 0 Å². The van der Waals surface area contributed by atoms with Crippen LogP contribution in [-0.2, 0) is 89.7 Å². The van der Waals surface area contributed by atoms with Crippen molar-refractivity contribution in [3.63, 3.8) is 0 Å². The summed E-state index contributed by atoms with van der Waals surface area (Å²) in [6.45, 7) is 36.6. The molecule has 0 radical (unpaired) electrons. The Balaban J connectivity index is 0.000000227. The van der Waals surface area contributed by atoms with Gasteiger partial charge in [0.15, 0.2) is 0 Å². The molecule has 4 amide bonds. The van der Waals surface area contributed by atoms with Crippen molar-refractivity contribution in [2.45, 2.75) is 265 Å². The number of ether oxygens (including phenoxy) is 2. The van der Waals surface area contributed by atoms with E-state index in [1.54, 1.807) is 0 Å². The van der Waals surface area contributed by atoms with Crippen LogP contribution in [0.1, 0.15) is 298 Å². The topological polar surface area (TPSA) is 385 Å². The molecule has 0 aromatic carbocycles. The average molecular weight is 1760 g/mol. The maximum absolute atomic E-state index is 12.6. The number of rotatable bonds is 32. The number of aliphatic hydroxyl groups excluding tert-OH is 4. The standard InChI is InChI=1S/C54H63N7O10.C44H57N5O2.C4H11NO2/c1-9-31-32(10-2)42-28-46-38(18-16-24-69-54(67)71-61-49(64)21-22-50(61)65)30(8)40(56-46)26-44-34(12-4)36(14-6)52(59-44)51-35(13-5)33(11-3)43(58-51)25-39-29(7)37(45(55-39)27-41(31)57-42)17-15-23-68-53(66)70-60-47(62)19-20-48(60)63;1-9-27-28(10-2)38-24-42-34(18-16-20-51)26(8)36(46-42)22-40-30(12-4)32(14-6)44(49-40)43-31(13-5)29(11-3)39(48-43)21-35-25(7)33(17-15-19-50)41(45-35)23-37(27)47-38;6-3-1-5-2-4-7/h25-28,55-57H,9-24H2,1-8H3;21-24,45-47,50-51H,9-20H2,1-8H3;5-7H,1-4H2. The lowest BCUT2D eigenvalue weighted by atomic mass is 9.95. The molecule has 129 heavy (non-hydrogen) atoms. The number of allylic oxidation sites excluding steroid dienone is 8. The van der Waals surface area contributed by atoms with Crippen LogP contribution in [0.4, 0.5) is 9.59 Å². The van der Waals surface area contributed by atoms with Crippen molar-refractivity contribution >= 4 is 147 Å². The molecule has 27 heteroatoms. The van der Waals surface area contributed by atoms with Crippen LogP contribution in [-0.4, -0.2) is 169 Å². The molecule has 0 spiro atoms. The fraction of sp³-hybridized carbons (Fsp3) is 0.471. The quantitative estimate of drug-likeness (QED) is 0.0106. The van der Waals surface area contributed by atoms with E-state index in [1.165, 1.54) is 89.1 Å². The van der Waals surface area contributed by atoms with Gasteiger partial charge in [0.1, 0.15) is 0 Å². The van der Waals surface area contributed by atoms with E-state index in [1.807, 2.05) is 0 Å². The highest BCUT2D eigenvalue weighted by atomic mass is 16.8. The van der Waals surface area contributed by atoms with Gasteiger partial charge in [0.25, 0.3) is 23.6 Å². The van der Waals surface area contributed by atoms with Gasteiger partial charge in [-0.1, -0.05) is 93.2 Å². The predicted octanol–water partition coefficient (Wildman–Crippen LogP) is 19.8. The lowest BCUT2D eigenvalue weighted by molar-refractivity contribution is -0.177. The lowest BCUT2D eigenvalue weighted by Gasteiger charge is -2.12. The third kappa shape index (κ3) is 20.5. The van der Waals surface area contributed by atoms with Crippen molar-refractivity contribution in [2.75, 3.05) is 52.7 Å². The fourth-order valence-corrected chi connectivity index (χ4v) is 19.2. The third-order valence-electron chi connectivity index (χ3n) is 25.8. The van der Waals surface area contributed by atoms with E-state index >= 15 is 0 Å². The van der Waals surface area contributed by atoms with E-state index in [0.29, 0.717) is 61.7 Å². The zero-order chi connectivity index (χ0) is 92.6. The Morgan fingerprint density at radius 3 is 0.752 bits per heavy atom. The van der Waals surface area contributed by atoms with E-state index in [0.717, 1.165) is 224 Å². The second-order valence-electron chi connectivity index (χ2n) is 33.3. The first-order valence-electron chi connectivity index (χ1n) is 46.8. The molecular weight excluding hydrogens is 1630 g/mol. The Morgan fingerprint density at radius 1 is 0.310 bits per heavy atom. The molecule has 0 atom stereocenters. The van der Waals surface area contributed by atoms with Gasteiger partial charge < -0.3 is 65.1 Å². The molecule has 6 aliphatic rings. The highest BCUT2D eigenvalue weighted by Crippen LogP contribution is 2.46. The lowest BCUT2D eigenvalue weighted by Crippen LogP contribution is -2.32. The summed E-state index contributed by atoms with van der Waals surface area (Å²) in [5.41, 5.74) is 43.5. The van der Waals surface area contributed by atoms with Crippen LogP contribution < -0.4 is 5.32 Å². The number of imide groups is 2. The van der Waals surface area contributed by atoms with Gasteiger partial charge in [-0.3, -0.25) is 28.9 Å². The molecule has 2 fully saturated rings. The Labute approximate surface area is 754 Å². The first-order valence-corrected chi connectivity index (χ1v) is 46.8. The number of fused-ring (bicyclic) bond motifs is 22. The van der Waals surface area contributed by atoms with E-state index in [2.05, 4.69) is 195 Å². The number of aromatic nitrogens is 10. The highest BCUT2D eigenvalue weighted by molar-refractivity contribution is 6.05. The van der Waals surface area contributed by atoms with Crippen molar-refractivity contribution in [3.05, 3.63) is 161 Å². The number of amides is 4. The fourth-order valence-electron chi connectivity index (χ4n) is 19.2. The number of H-pyrrole nitrogens is 6. The van der Waals surface area contributed by atoms with Gasteiger partial charge in [-0.25, -0.2) is 29.5 Å². The summed E-state index contributed by atoms with van der Waals surface area (Å²) in [5, 5.41) is 39.8. The molecule has 27 nitrogen and oxygen atoms in total. The minimum absolute atomic E-state index is 0.00410. The van der Waals surface area contributed by atoms with Crippen molar-refractivity contribution in [1.82, 2.24) is 65.3 Å². The minimum Gasteiger partial charge on any atom is -0.433 e. The number of aryl methyl sites for hydroxylation is 12. The van der Waals surface area contributed by atoms with E-state index in [-0.39, 0.29) is 65.3 Å². The smallest absolute Gasteiger partial charge is 0.433 e. The molecule has 0 aliphatic carbocycles. The summed E-state index contributed by atoms with van der Waals surface area (Å²) < 4.78 is 10.7. The molecule has 8 aromatic rings. The SMILES string of the molecule is CCC1=C(CC)c2nc1cc1[nH]c(cc3[nH]c(cc4[nH]c(cc5nc2C(CC)=C5CC)c(C)c4CCCO)c(CC)c3CC)c(CCCO)c1C.CCC1=C(CC)c2nc1cc1[nH]c(cc3[nH]c(cc4[nH]c(cc5nc2C(CC)=C5CC)c(C)c4CCCOC(=O)ON2C(=O)CCC2=O)c(CC)c3CC)c(CCCOC(=O)ON2C(=O)CCC2=O)c1C.OCCNCCO. The number of carbonyl (C=O) groups is 6. The molecule has 6 aliphatic heterocycles. The molecule has 0 saturated carbocycles. The highest BCUT2D eigenvalue weighted by Gasteiger charge is 2.36. The number of hydrogen-bond acceptors (Lipinski definition) is 19. The Bertz CT molecular complexity index is 5790. The summed E-state index contributed by atoms with van der Waals surface area (Å²) in [5.74, 6) is -2.30. The van der Waals surface area contributed by atoms with Crippen LogP contribution in [0.2, 0.25) is 0 Å². The van der Waals surface area contributed by atoms with E-state index in [9.17, 15) is 39.0 Å². The number of aliphatic hydroxyl groups is 4. The van der Waals surface area contributed by atoms with Gasteiger partial charge in [0, 0.05) is 118 Å². The maximum Gasteiger partial charge on any atom is 0.533 e. The van der Waals surface area contributed by atoms with Crippen LogP contribution in [0.3, 0.4) is 0 Å². The number of carbonyl (C=O) groups excluding carboxylic acids is 6. The van der Waals surface area contributed by atoms with Crippen molar-refractivity contribution in [1.29, 1.82) is 0 Å². The second kappa shape index (κ2) is 44.1. The van der Waals surface area contributed by atoms with Gasteiger partial charge in [-0.15, -0.1) is 0 Å². The van der Waals surface area contributed by atoms with Gasteiger partial charge in [0.2, 0.25) is 0 Å². The average Bonchev–Trinajstić information content (AvgIpc) is 1.61. The number of hydrogen-bond donors (Lipinski definition) is 11. The Morgan fingerprint density at radius 2 is 0.535 bits per heavy atom. The summed E-state index contributed by atoms with van der Waals surface area (Å²) in [6, 6.07) is 17.7. The number of nitrogens with zero attached hydrogens (tertiary/aromatic N) is 6. The normalized spacial score (nSPS) is 14.0. The molecular formula is C102H131N13O14. The van der Waals surface area contributed by atoms with E-state index < -0.39 is 35.9 Å². The summed E-state index contributed by atoms with van der Waals surface area (Å²) >= 11 is 0. The number of nitrogens with one attached hydrogen (secondary N) is 7. The van der Waals surface area contributed by atoms with E-state index in [4.69, 9.17) is 49.3 Å². The molecule has 8 aromatic heterocycles. The van der Waals surface area contributed by atoms with Gasteiger partial charge >= 0.3 is 12.3 Å². The van der Waals surface area contributed by atoms with Crippen LogP contribution in [0.15, 0.2) is 48.5 Å². The summed E-state index contributed by atoms with van der Waals surface area (Å²) in [7, 11) is 0. The zero-order valence-corrected chi connectivity index (χ0v) is 78.3. The molecule has 0 unspecified atom stereocenters. The minimum atomic E-state index is -1.11. The van der Waals surface area contributed by atoms with Crippen molar-refractivity contribution in [3.8, 4) is 0 Å². The first-order chi connectivity index (χ1) is 62.4. The van der Waals surface area contributed by atoms with Crippen molar-refractivity contribution < 1.29 is 68.3 Å². The van der Waals surface area contributed by atoms with Gasteiger partial charge in [-0.05, 0) is 316 Å². The summed E-state index contributed by atoms with van der Waals surface area (Å²) in [6.07, 6.45) is 12.6. The van der Waals surface area contributed by atoms with Crippen molar-refractivity contribution in [2.24, 2.45) is 0 Å². The largest absolute Gasteiger partial charge is 0.533 e. The Kier molecular flexibility index (Phi) is 33.0. The molecule has 14 rings (SSSR count). The summed E-state index contributed by atoms with van der Waals surface area (Å²) in [4.78, 5) is 128. The van der Waals surface area contributed by atoms with Crippen LogP contribution in [0.25, 0.3) is 111 Å². The van der Waals surface area contributed by atoms with Crippen LogP contribution in [0, 0.1) is 27.7 Å². The molecule has 2 saturated heterocycles. The molecule has 20 bridgehead atoms. The molecule has 14 heterocycles. The van der Waals surface area contributed by atoms with Gasteiger partial charge in [0.05, 0.1) is 72.0 Å². The predicted molar refractivity (Wildman–Crippen MR) is 511 cm³/mol. The second-order valence-corrected chi connectivity index (χ2v) is 33.3. The van der Waals surface area contributed by atoms with Gasteiger partial charge in [-0.2, -0.15) is 0 Å². The number of aromatic amines is 6. The molecule has 688 valence electrons. The monoisotopic (exact) mass is 1760 g/mol. The number of hydroxylamine groups is 4. The van der Waals surface area contributed by atoms with Crippen LogP contribution >= 0.6 is 0 Å². The third-order valence-corrected chi connectivity index (χ3v) is 25.8. The Hall–Kier alpha value is -11.6.